The van der Waals surface area contributed by atoms with Crippen molar-refractivity contribution in [2.75, 3.05) is 25.9 Å². The van der Waals surface area contributed by atoms with Crippen molar-refractivity contribution >= 4 is 49.9 Å². The Morgan fingerprint density at radius 1 is 1.53 bits per heavy atom. The first-order valence-electron chi connectivity index (χ1n) is 5.82. The van der Waals surface area contributed by atoms with Crippen LogP contribution in [0.4, 0.5) is 0 Å². The van der Waals surface area contributed by atoms with Crippen LogP contribution in [-0.2, 0) is 10.0 Å². The van der Waals surface area contributed by atoms with E-state index in [1.165, 1.54) is 21.9 Å². The summed E-state index contributed by atoms with van der Waals surface area (Å²) in [5.74, 6) is -0.110. The summed E-state index contributed by atoms with van der Waals surface area (Å²) < 4.78 is 25.2. The Hall–Kier alpha value is -0.190. The second-order valence-electron chi connectivity index (χ2n) is 4.00. The van der Waals surface area contributed by atoms with Crippen molar-refractivity contribution in [2.24, 2.45) is 0 Å². The maximum atomic E-state index is 11.7. The SMILES string of the molecule is CCN(CCCNC(=O)c1csc(I)c1)S(C)(=O)=O. The Bertz CT molecular complexity index is 528. The van der Waals surface area contributed by atoms with Crippen molar-refractivity contribution < 1.29 is 13.2 Å². The number of halogens is 1. The molecular formula is C11H17IN2O3S2. The molecular weight excluding hydrogens is 399 g/mol. The predicted octanol–water partition coefficient (Wildman–Crippen LogP) is 1.75. The molecule has 108 valence electrons. The summed E-state index contributed by atoms with van der Waals surface area (Å²) in [6.45, 7) is 3.15. The molecule has 0 spiro atoms. The van der Waals surface area contributed by atoms with Gasteiger partial charge in [0, 0.05) is 25.0 Å². The summed E-state index contributed by atoms with van der Waals surface area (Å²) in [5, 5.41) is 4.60. The van der Waals surface area contributed by atoms with Gasteiger partial charge in [-0.25, -0.2) is 12.7 Å². The van der Waals surface area contributed by atoms with E-state index in [1.807, 2.05) is 11.4 Å². The molecule has 0 aromatic carbocycles. The van der Waals surface area contributed by atoms with Gasteiger partial charge in [-0.3, -0.25) is 4.79 Å². The van der Waals surface area contributed by atoms with Crippen LogP contribution in [0.15, 0.2) is 11.4 Å². The first-order chi connectivity index (χ1) is 8.84. The predicted molar refractivity (Wildman–Crippen MR) is 86.1 cm³/mol. The average molecular weight is 416 g/mol. The number of rotatable bonds is 7. The Kier molecular flexibility index (Phi) is 6.71. The quantitative estimate of drug-likeness (QED) is 0.544. The summed E-state index contributed by atoms with van der Waals surface area (Å²) in [4.78, 5) is 11.7. The summed E-state index contributed by atoms with van der Waals surface area (Å²) in [6.07, 6.45) is 1.80. The zero-order valence-electron chi connectivity index (χ0n) is 10.8. The molecule has 0 radical (unpaired) electrons. The van der Waals surface area contributed by atoms with E-state index in [9.17, 15) is 13.2 Å². The minimum atomic E-state index is -3.14. The number of amides is 1. The highest BCUT2D eigenvalue weighted by atomic mass is 127. The highest BCUT2D eigenvalue weighted by molar-refractivity contribution is 14.1. The van der Waals surface area contributed by atoms with E-state index in [0.29, 0.717) is 31.6 Å². The van der Waals surface area contributed by atoms with Crippen LogP contribution in [0.25, 0.3) is 0 Å². The molecule has 0 aliphatic carbocycles. The van der Waals surface area contributed by atoms with E-state index in [4.69, 9.17) is 0 Å². The van der Waals surface area contributed by atoms with Crippen molar-refractivity contribution in [3.63, 3.8) is 0 Å². The van der Waals surface area contributed by atoms with Gasteiger partial charge < -0.3 is 5.32 Å². The molecule has 1 aromatic rings. The van der Waals surface area contributed by atoms with Crippen molar-refractivity contribution in [1.29, 1.82) is 0 Å². The topological polar surface area (TPSA) is 66.5 Å². The lowest BCUT2D eigenvalue weighted by molar-refractivity contribution is 0.0953. The smallest absolute Gasteiger partial charge is 0.252 e. The molecule has 1 N–H and O–H groups in total. The van der Waals surface area contributed by atoms with Crippen LogP contribution in [0.2, 0.25) is 0 Å². The lowest BCUT2D eigenvalue weighted by Gasteiger charge is -2.17. The monoisotopic (exact) mass is 416 g/mol. The van der Waals surface area contributed by atoms with Crippen molar-refractivity contribution in [3.8, 4) is 0 Å². The molecule has 5 nitrogen and oxygen atoms in total. The number of thiophene rings is 1. The highest BCUT2D eigenvalue weighted by Crippen LogP contribution is 2.16. The summed E-state index contributed by atoms with van der Waals surface area (Å²) >= 11 is 3.69. The largest absolute Gasteiger partial charge is 0.352 e. The first-order valence-corrected chi connectivity index (χ1v) is 9.62. The number of carbonyl (C=O) groups is 1. The Balaban J connectivity index is 2.33. The molecule has 1 aromatic heterocycles. The third-order valence-corrected chi connectivity index (χ3v) is 5.69. The minimum absolute atomic E-state index is 0.110. The van der Waals surface area contributed by atoms with Gasteiger partial charge in [0.05, 0.1) is 14.7 Å². The molecule has 0 saturated heterocycles. The maximum absolute atomic E-state index is 11.7. The molecule has 8 heteroatoms. The van der Waals surface area contributed by atoms with Gasteiger partial charge in [-0.1, -0.05) is 6.92 Å². The number of nitrogens with one attached hydrogen (secondary N) is 1. The number of carbonyl (C=O) groups excluding carboxylic acids is 1. The molecule has 0 aliphatic rings. The van der Waals surface area contributed by atoms with E-state index in [1.54, 1.807) is 6.92 Å². The second kappa shape index (κ2) is 7.55. The summed E-state index contributed by atoms with van der Waals surface area (Å²) in [6, 6.07) is 1.83. The Morgan fingerprint density at radius 2 is 2.21 bits per heavy atom. The van der Waals surface area contributed by atoms with E-state index >= 15 is 0 Å². The van der Waals surface area contributed by atoms with Gasteiger partial charge in [-0.15, -0.1) is 11.3 Å². The highest BCUT2D eigenvalue weighted by Gasteiger charge is 2.13. The molecule has 19 heavy (non-hydrogen) atoms. The number of sulfonamides is 1. The molecule has 1 amide bonds. The third kappa shape index (κ3) is 5.76. The summed E-state index contributed by atoms with van der Waals surface area (Å²) in [5.41, 5.74) is 0.657. The number of hydrogen-bond donors (Lipinski definition) is 1. The standard InChI is InChI=1S/C11H17IN2O3S2/c1-3-14(19(2,16)17)6-4-5-13-11(15)9-7-10(12)18-8-9/h7-8H,3-6H2,1-2H3,(H,13,15). The minimum Gasteiger partial charge on any atom is -0.352 e. The zero-order valence-corrected chi connectivity index (χ0v) is 14.6. The Morgan fingerprint density at radius 3 is 2.68 bits per heavy atom. The van der Waals surface area contributed by atoms with Crippen LogP contribution in [-0.4, -0.2) is 44.5 Å². The van der Waals surface area contributed by atoms with Crippen molar-refractivity contribution in [1.82, 2.24) is 9.62 Å². The molecule has 0 bridgehead atoms. The molecule has 0 aliphatic heterocycles. The third-order valence-electron chi connectivity index (χ3n) is 2.52. The average Bonchev–Trinajstić information content (AvgIpc) is 2.74. The molecule has 0 atom stereocenters. The van der Waals surface area contributed by atoms with Gasteiger partial charge in [-0.05, 0) is 35.1 Å². The summed E-state index contributed by atoms with van der Waals surface area (Å²) in [7, 11) is -3.14. The van der Waals surface area contributed by atoms with Gasteiger partial charge in [0.15, 0.2) is 0 Å². The second-order valence-corrected chi connectivity index (χ2v) is 8.79. The maximum Gasteiger partial charge on any atom is 0.252 e. The molecule has 0 fully saturated rings. The van der Waals surface area contributed by atoms with Gasteiger partial charge >= 0.3 is 0 Å². The van der Waals surface area contributed by atoms with Crippen molar-refractivity contribution in [2.45, 2.75) is 13.3 Å². The van der Waals surface area contributed by atoms with Crippen LogP contribution in [0.5, 0.6) is 0 Å². The van der Waals surface area contributed by atoms with Gasteiger partial charge in [0.1, 0.15) is 0 Å². The normalized spacial score (nSPS) is 11.8. The van der Waals surface area contributed by atoms with E-state index in [0.717, 1.165) is 2.88 Å². The van der Waals surface area contributed by atoms with Crippen LogP contribution in [0.1, 0.15) is 23.7 Å². The molecule has 0 unspecified atom stereocenters. The van der Waals surface area contributed by atoms with Crippen LogP contribution >= 0.6 is 33.9 Å². The number of hydrogen-bond acceptors (Lipinski definition) is 4. The van der Waals surface area contributed by atoms with E-state index in [-0.39, 0.29) is 5.91 Å². The lowest BCUT2D eigenvalue weighted by Crippen LogP contribution is -2.33. The van der Waals surface area contributed by atoms with Crippen LogP contribution < -0.4 is 5.32 Å². The molecule has 1 heterocycles. The van der Waals surface area contributed by atoms with Gasteiger partial charge in [0.2, 0.25) is 10.0 Å². The fourth-order valence-corrected chi connectivity index (χ4v) is 3.80. The number of nitrogens with zero attached hydrogens (tertiary/aromatic N) is 1. The lowest BCUT2D eigenvalue weighted by atomic mass is 10.3. The first kappa shape index (κ1) is 16.9. The molecule has 0 saturated carbocycles. The van der Waals surface area contributed by atoms with Gasteiger partial charge in [-0.2, -0.15) is 0 Å². The van der Waals surface area contributed by atoms with E-state index < -0.39 is 10.0 Å². The fraction of sp³-hybridized carbons (Fsp3) is 0.545. The molecule has 1 rings (SSSR count). The Labute approximate surface area is 131 Å². The zero-order chi connectivity index (χ0) is 14.5. The van der Waals surface area contributed by atoms with Crippen molar-refractivity contribution in [3.05, 3.63) is 19.9 Å². The van der Waals surface area contributed by atoms with Crippen LogP contribution in [0, 0.1) is 2.88 Å². The van der Waals surface area contributed by atoms with E-state index in [2.05, 4.69) is 27.9 Å². The fourth-order valence-electron chi connectivity index (χ4n) is 1.55. The van der Waals surface area contributed by atoms with Crippen LogP contribution in [0.3, 0.4) is 0 Å². The van der Waals surface area contributed by atoms with Gasteiger partial charge in [0.25, 0.3) is 5.91 Å².